The summed E-state index contributed by atoms with van der Waals surface area (Å²) in [4.78, 5) is 29.5. The fourth-order valence-electron chi connectivity index (χ4n) is 4.17. The first kappa shape index (κ1) is 19.0. The monoisotopic (exact) mass is 390 g/mol. The lowest BCUT2D eigenvalue weighted by Crippen LogP contribution is -2.59. The maximum absolute atomic E-state index is 12.5. The number of piperazine rings is 1. The predicted octanol–water partition coefficient (Wildman–Crippen LogP) is 1.06. The van der Waals surface area contributed by atoms with Crippen molar-refractivity contribution in [1.82, 2.24) is 25.3 Å². The Morgan fingerprint density at radius 1 is 1.29 bits per heavy atom. The minimum Gasteiger partial charge on any atom is -0.480 e. The Labute approximate surface area is 165 Å². The van der Waals surface area contributed by atoms with Crippen LogP contribution in [-0.2, 0) is 4.79 Å². The van der Waals surface area contributed by atoms with Gasteiger partial charge in [0.05, 0.1) is 6.54 Å². The number of amides is 2. The highest BCUT2D eigenvalue weighted by atomic mass is 16.4. The molecule has 0 aromatic carbocycles. The van der Waals surface area contributed by atoms with Crippen LogP contribution in [0.25, 0.3) is 0 Å². The number of nitrogens with one attached hydrogen (secondary N) is 2. The van der Waals surface area contributed by atoms with Gasteiger partial charge in [-0.15, -0.1) is 0 Å². The zero-order chi connectivity index (χ0) is 19.7. The third-order valence-electron chi connectivity index (χ3n) is 6.19. The molecule has 2 aliphatic carbocycles. The van der Waals surface area contributed by atoms with Crippen molar-refractivity contribution >= 4 is 17.8 Å². The normalized spacial score (nSPS) is 24.9. The number of H-pyrrole nitrogens is 1. The third kappa shape index (κ3) is 4.24. The van der Waals surface area contributed by atoms with Crippen LogP contribution >= 0.6 is 0 Å². The molecule has 3 aliphatic rings. The number of hydrogen-bond donors (Lipinski definition) is 3. The molecule has 0 unspecified atom stereocenters. The summed E-state index contributed by atoms with van der Waals surface area (Å²) in [6, 6.07) is 2.54. The minimum atomic E-state index is -0.798. The number of hydrogen-bond acceptors (Lipinski definition) is 5. The van der Waals surface area contributed by atoms with Crippen LogP contribution in [0.2, 0.25) is 0 Å². The van der Waals surface area contributed by atoms with Crippen molar-refractivity contribution in [2.24, 2.45) is 0 Å². The Hall–Kier alpha value is -2.29. The van der Waals surface area contributed by atoms with Crippen molar-refractivity contribution in [3.8, 4) is 0 Å². The molecule has 0 atom stereocenters. The van der Waals surface area contributed by atoms with Crippen LogP contribution in [0.1, 0.15) is 44.2 Å². The fourth-order valence-corrected chi connectivity index (χ4v) is 4.17. The minimum absolute atomic E-state index is 0.00918. The second-order valence-electron chi connectivity index (χ2n) is 8.16. The lowest BCUT2D eigenvalue weighted by Gasteiger charge is -2.43. The smallest absolute Gasteiger partial charge is 0.317 e. The molecule has 3 fully saturated rings. The maximum atomic E-state index is 12.5. The van der Waals surface area contributed by atoms with E-state index in [1.54, 1.807) is 0 Å². The summed E-state index contributed by atoms with van der Waals surface area (Å²) < 4.78 is 0. The molecule has 154 valence electrons. The fraction of sp³-hybridized carbons (Fsp3) is 0.737. The first-order chi connectivity index (χ1) is 13.5. The molecule has 1 aromatic rings. The number of likely N-dealkylation sites (N-methyl/N-ethyl adjacent to an activating group) is 1. The predicted molar refractivity (Wildman–Crippen MR) is 105 cm³/mol. The number of aromatic nitrogens is 2. The molecule has 1 aliphatic heterocycles. The Morgan fingerprint density at radius 3 is 2.61 bits per heavy atom. The molecule has 2 amide bonds. The van der Waals surface area contributed by atoms with Crippen molar-refractivity contribution in [2.45, 2.75) is 50.6 Å². The van der Waals surface area contributed by atoms with Gasteiger partial charge >= 0.3 is 12.0 Å². The summed E-state index contributed by atoms with van der Waals surface area (Å²) in [5.41, 5.74) is 1.23. The van der Waals surface area contributed by atoms with E-state index in [1.165, 1.54) is 18.5 Å². The van der Waals surface area contributed by atoms with Gasteiger partial charge in [-0.1, -0.05) is 6.92 Å². The summed E-state index contributed by atoms with van der Waals surface area (Å²) in [5, 5.41) is 19.6. The molecule has 4 rings (SSSR count). The van der Waals surface area contributed by atoms with Crippen molar-refractivity contribution in [3.05, 3.63) is 11.8 Å². The van der Waals surface area contributed by atoms with E-state index in [2.05, 4.69) is 26.5 Å². The van der Waals surface area contributed by atoms with E-state index in [-0.39, 0.29) is 24.7 Å². The summed E-state index contributed by atoms with van der Waals surface area (Å²) in [7, 11) is 0. The average molecular weight is 390 g/mol. The van der Waals surface area contributed by atoms with E-state index < -0.39 is 5.97 Å². The number of nitrogens with zero attached hydrogens (tertiary/aromatic N) is 4. The highest BCUT2D eigenvalue weighted by molar-refractivity contribution is 5.75. The van der Waals surface area contributed by atoms with Crippen molar-refractivity contribution in [3.63, 3.8) is 0 Å². The van der Waals surface area contributed by atoms with E-state index in [0.29, 0.717) is 19.0 Å². The lowest BCUT2D eigenvalue weighted by molar-refractivity contribution is -0.139. The van der Waals surface area contributed by atoms with Gasteiger partial charge in [-0.3, -0.25) is 14.8 Å². The van der Waals surface area contributed by atoms with Gasteiger partial charge in [-0.25, -0.2) is 4.79 Å². The Kier molecular flexibility index (Phi) is 5.43. The largest absolute Gasteiger partial charge is 0.480 e. The Balaban J connectivity index is 1.19. The van der Waals surface area contributed by atoms with Crippen LogP contribution < -0.4 is 10.2 Å². The number of aliphatic carboxylic acids is 1. The molecular weight excluding hydrogens is 360 g/mol. The first-order valence-electron chi connectivity index (χ1n) is 10.3. The molecule has 0 bridgehead atoms. The van der Waals surface area contributed by atoms with E-state index in [9.17, 15) is 9.59 Å². The molecule has 0 spiro atoms. The van der Waals surface area contributed by atoms with Crippen molar-refractivity contribution < 1.29 is 14.7 Å². The highest BCUT2D eigenvalue weighted by Gasteiger charge is 2.36. The summed E-state index contributed by atoms with van der Waals surface area (Å²) >= 11 is 0. The molecule has 2 heterocycles. The van der Waals surface area contributed by atoms with Gasteiger partial charge in [0.2, 0.25) is 0 Å². The average Bonchev–Trinajstić information content (AvgIpc) is 3.39. The van der Waals surface area contributed by atoms with Crippen LogP contribution in [0.5, 0.6) is 0 Å². The van der Waals surface area contributed by atoms with Crippen LogP contribution in [-0.4, -0.2) is 88.5 Å². The third-order valence-corrected chi connectivity index (χ3v) is 6.19. The number of carbonyl (C=O) groups excluding carboxylic acids is 1. The van der Waals surface area contributed by atoms with E-state index in [4.69, 9.17) is 5.11 Å². The quantitative estimate of drug-likeness (QED) is 0.643. The van der Waals surface area contributed by atoms with Crippen LogP contribution in [0.3, 0.4) is 0 Å². The first-order valence-corrected chi connectivity index (χ1v) is 10.3. The van der Waals surface area contributed by atoms with Crippen LogP contribution in [0.15, 0.2) is 6.07 Å². The van der Waals surface area contributed by atoms with Crippen molar-refractivity contribution in [1.29, 1.82) is 0 Å². The topological polar surface area (TPSA) is 105 Å². The van der Waals surface area contributed by atoms with Crippen LogP contribution in [0, 0.1) is 0 Å². The second-order valence-corrected chi connectivity index (χ2v) is 8.16. The highest BCUT2D eigenvalue weighted by Crippen LogP contribution is 2.39. The Bertz CT molecular complexity index is 704. The van der Waals surface area contributed by atoms with Gasteiger partial charge in [0.15, 0.2) is 5.82 Å². The van der Waals surface area contributed by atoms with Crippen molar-refractivity contribution in [2.75, 3.05) is 44.2 Å². The SMILES string of the molecule is CCN(CC(=O)O)C1CC(NC(=O)N2CCN(c3cc(C4CC4)[nH]n3)CC2)C1. The van der Waals surface area contributed by atoms with E-state index >= 15 is 0 Å². The molecule has 9 heteroatoms. The van der Waals surface area contributed by atoms with Gasteiger partial charge in [-0.05, 0) is 32.2 Å². The van der Waals surface area contributed by atoms with Gasteiger partial charge in [0, 0.05) is 55.9 Å². The van der Waals surface area contributed by atoms with Crippen LogP contribution in [0.4, 0.5) is 10.6 Å². The summed E-state index contributed by atoms with van der Waals surface area (Å²) in [6.07, 6.45) is 4.15. The number of carbonyl (C=O) groups is 2. The number of rotatable bonds is 7. The molecule has 0 radical (unpaired) electrons. The van der Waals surface area contributed by atoms with Gasteiger partial charge in [0.25, 0.3) is 0 Å². The Morgan fingerprint density at radius 2 is 2.00 bits per heavy atom. The molecular formula is C19H30N6O3. The van der Waals surface area contributed by atoms with E-state index in [0.717, 1.165) is 38.3 Å². The van der Waals surface area contributed by atoms with E-state index in [1.807, 2.05) is 16.7 Å². The molecule has 1 aromatic heterocycles. The number of carboxylic acids is 1. The number of anilines is 1. The molecule has 2 saturated carbocycles. The van der Waals surface area contributed by atoms with Gasteiger partial charge in [-0.2, -0.15) is 5.10 Å². The number of urea groups is 1. The number of carboxylic acid groups (broad SMARTS) is 1. The summed E-state index contributed by atoms with van der Waals surface area (Å²) in [5.74, 6) is 0.856. The molecule has 9 nitrogen and oxygen atoms in total. The molecule has 3 N–H and O–H groups in total. The maximum Gasteiger partial charge on any atom is 0.317 e. The zero-order valence-electron chi connectivity index (χ0n) is 16.4. The second kappa shape index (κ2) is 7.98. The number of aromatic amines is 1. The van der Waals surface area contributed by atoms with Gasteiger partial charge < -0.3 is 20.2 Å². The standard InChI is InChI=1S/C19H30N6O3/c1-2-23(12-18(26)27)15-9-14(10-15)20-19(28)25-7-5-24(6-8-25)17-11-16(21-22-17)13-3-4-13/h11,13-15H,2-10,12H2,1H3,(H,20,28)(H,21,22)(H,26,27). The molecule has 28 heavy (non-hydrogen) atoms. The lowest BCUT2D eigenvalue weighted by atomic mass is 9.85. The van der Waals surface area contributed by atoms with Gasteiger partial charge in [0.1, 0.15) is 0 Å². The molecule has 1 saturated heterocycles. The summed E-state index contributed by atoms with van der Waals surface area (Å²) in [6.45, 7) is 5.72. The zero-order valence-corrected chi connectivity index (χ0v) is 16.4.